The first kappa shape index (κ1) is 25.9. The van der Waals surface area contributed by atoms with Crippen LogP contribution in [0.2, 0.25) is 0 Å². The quantitative estimate of drug-likeness (QED) is 0.406. The van der Waals surface area contributed by atoms with Crippen molar-refractivity contribution in [3.8, 4) is 5.75 Å². The topological polar surface area (TPSA) is 41.6 Å². The summed E-state index contributed by atoms with van der Waals surface area (Å²) in [5, 5.41) is 3.07. The molecule has 34 heavy (non-hydrogen) atoms. The fraction of sp³-hybridized carbons (Fsp3) is 0.345. The zero-order valence-corrected chi connectivity index (χ0v) is 21.4. The van der Waals surface area contributed by atoms with Crippen LogP contribution < -0.4 is 10.1 Å². The van der Waals surface area contributed by atoms with Crippen molar-refractivity contribution in [3.63, 3.8) is 0 Å². The maximum Gasteiger partial charge on any atom is 0.251 e. The summed E-state index contributed by atoms with van der Waals surface area (Å²) in [6, 6.07) is 18.4. The van der Waals surface area contributed by atoms with Crippen molar-refractivity contribution in [3.05, 3.63) is 95.6 Å². The molecule has 0 aliphatic heterocycles. The van der Waals surface area contributed by atoms with E-state index < -0.39 is 0 Å². The third-order valence-electron chi connectivity index (χ3n) is 5.76. The molecular formula is C29H36N2O2S. The monoisotopic (exact) mass is 476 g/mol. The lowest BCUT2D eigenvalue weighted by Crippen LogP contribution is -2.30. The molecule has 1 aliphatic carbocycles. The van der Waals surface area contributed by atoms with E-state index in [0.29, 0.717) is 18.7 Å². The van der Waals surface area contributed by atoms with Gasteiger partial charge in [0, 0.05) is 29.5 Å². The van der Waals surface area contributed by atoms with Gasteiger partial charge in [-0.15, -0.1) is 0 Å². The van der Waals surface area contributed by atoms with Crippen molar-refractivity contribution in [1.29, 1.82) is 0 Å². The zero-order chi connectivity index (χ0) is 24.3. The van der Waals surface area contributed by atoms with Gasteiger partial charge in [0.1, 0.15) is 5.75 Å². The maximum absolute atomic E-state index is 12.9. The van der Waals surface area contributed by atoms with Crippen LogP contribution in [0.4, 0.5) is 0 Å². The number of para-hydroxylation sites is 1. The highest BCUT2D eigenvalue weighted by Gasteiger charge is 2.22. The molecule has 0 bridgehead atoms. The first-order valence-corrected chi connectivity index (χ1v) is 13.0. The maximum atomic E-state index is 12.9. The van der Waals surface area contributed by atoms with Crippen molar-refractivity contribution < 1.29 is 9.53 Å². The van der Waals surface area contributed by atoms with E-state index in [1.165, 1.54) is 11.1 Å². The molecule has 0 saturated heterocycles. The molecule has 0 radical (unpaired) electrons. The number of thioether (sulfide) groups is 1. The van der Waals surface area contributed by atoms with Crippen molar-refractivity contribution >= 4 is 23.2 Å². The molecule has 1 amide bonds. The minimum atomic E-state index is -0.0360. The number of hydrogen-bond acceptors (Lipinski definition) is 4. The van der Waals surface area contributed by atoms with E-state index in [2.05, 4.69) is 54.1 Å². The highest BCUT2D eigenvalue weighted by atomic mass is 32.2. The van der Waals surface area contributed by atoms with E-state index in [9.17, 15) is 4.79 Å². The summed E-state index contributed by atoms with van der Waals surface area (Å²) in [5.41, 5.74) is 5.10. The molecule has 1 aliphatic rings. The van der Waals surface area contributed by atoms with Gasteiger partial charge in [0.15, 0.2) is 0 Å². The number of hydrogen-bond donors (Lipinski definition) is 1. The summed E-state index contributed by atoms with van der Waals surface area (Å²) in [7, 11) is 4.08. The summed E-state index contributed by atoms with van der Waals surface area (Å²) in [6.07, 6.45) is 5.14. The van der Waals surface area contributed by atoms with Crippen LogP contribution in [0.3, 0.4) is 0 Å². The van der Waals surface area contributed by atoms with Crippen LogP contribution in [0.1, 0.15) is 24.5 Å². The van der Waals surface area contributed by atoms with Crippen molar-refractivity contribution in [2.75, 3.05) is 39.5 Å². The predicted molar refractivity (Wildman–Crippen MR) is 145 cm³/mol. The number of nitrogens with one attached hydrogen (secondary N) is 1. The Morgan fingerprint density at radius 2 is 1.85 bits per heavy atom. The van der Waals surface area contributed by atoms with Crippen LogP contribution in [-0.2, 0) is 10.5 Å². The zero-order valence-electron chi connectivity index (χ0n) is 20.5. The van der Waals surface area contributed by atoms with Crippen molar-refractivity contribution in [2.24, 2.45) is 5.92 Å². The molecule has 4 nitrogen and oxygen atoms in total. The molecule has 2 aromatic rings. The number of carbonyl (C=O) groups excluding carboxylic acids is 1. The van der Waals surface area contributed by atoms with Gasteiger partial charge in [-0.2, -0.15) is 11.8 Å². The van der Waals surface area contributed by atoms with Crippen LogP contribution in [-0.4, -0.2) is 50.4 Å². The van der Waals surface area contributed by atoms with Gasteiger partial charge < -0.3 is 15.0 Å². The number of allylic oxidation sites excluding steroid dienone is 3. The number of rotatable bonds is 12. The Morgan fingerprint density at radius 1 is 1.12 bits per heavy atom. The molecule has 1 N–H and O–H groups in total. The molecule has 0 aromatic heterocycles. The molecule has 2 aromatic carbocycles. The lowest BCUT2D eigenvalue weighted by Gasteiger charge is -2.23. The van der Waals surface area contributed by atoms with Crippen molar-refractivity contribution in [2.45, 2.75) is 19.1 Å². The average Bonchev–Trinajstić information content (AvgIpc) is 2.84. The van der Waals surface area contributed by atoms with Crippen LogP contribution in [0.25, 0.3) is 5.57 Å². The Bertz CT molecular complexity index is 1030. The number of benzene rings is 2. The average molecular weight is 477 g/mol. The van der Waals surface area contributed by atoms with E-state index in [-0.39, 0.29) is 11.8 Å². The normalized spacial score (nSPS) is 15.6. The molecule has 0 heterocycles. The van der Waals surface area contributed by atoms with Gasteiger partial charge in [0.25, 0.3) is 5.91 Å². The fourth-order valence-corrected chi connectivity index (χ4v) is 4.65. The number of amides is 1. The fourth-order valence-electron chi connectivity index (χ4n) is 3.83. The standard InChI is InChI=1S/C29H36N2O2S/c1-22-19-25(20-28(23(22)2)29(32)30-15-10-16-31(3)4)27-14-9-8-11-24(27)21-34-18-17-33-26-12-6-5-7-13-26/h5-9,11-14,19-20,22H,2,10,15-18,21H2,1,3-4H3,(H,30,32)/t22-/m1/s1. The smallest absolute Gasteiger partial charge is 0.251 e. The van der Waals surface area contributed by atoms with Crippen LogP contribution in [0.15, 0.2) is 84.5 Å². The van der Waals surface area contributed by atoms with Gasteiger partial charge in [0.2, 0.25) is 0 Å². The molecule has 1 atom stereocenters. The van der Waals surface area contributed by atoms with E-state index in [4.69, 9.17) is 4.74 Å². The predicted octanol–water partition coefficient (Wildman–Crippen LogP) is 5.58. The Hall–Kier alpha value is -2.76. The summed E-state index contributed by atoms with van der Waals surface area (Å²) < 4.78 is 5.81. The van der Waals surface area contributed by atoms with Crippen molar-refractivity contribution in [1.82, 2.24) is 10.2 Å². The minimum absolute atomic E-state index is 0.0360. The number of nitrogens with zero attached hydrogens (tertiary/aromatic N) is 1. The molecule has 3 rings (SSSR count). The van der Waals surface area contributed by atoms with E-state index in [1.807, 2.05) is 62.3 Å². The van der Waals surface area contributed by atoms with Gasteiger partial charge in [0.05, 0.1) is 6.61 Å². The van der Waals surface area contributed by atoms with Gasteiger partial charge in [-0.25, -0.2) is 0 Å². The SMILES string of the molecule is C=C1C(C(=O)NCCCN(C)C)=CC(c2ccccc2CSCCOc2ccccc2)=C[C@H]1C. The van der Waals surface area contributed by atoms with Gasteiger partial charge in [-0.05, 0) is 67.5 Å². The highest BCUT2D eigenvalue weighted by Crippen LogP contribution is 2.34. The second kappa shape index (κ2) is 13.2. The van der Waals surface area contributed by atoms with E-state index in [0.717, 1.165) is 41.4 Å². The largest absolute Gasteiger partial charge is 0.493 e. The van der Waals surface area contributed by atoms with Gasteiger partial charge in [-0.3, -0.25) is 4.79 Å². The summed E-state index contributed by atoms with van der Waals surface area (Å²) in [4.78, 5) is 15.0. The summed E-state index contributed by atoms with van der Waals surface area (Å²) >= 11 is 1.85. The summed E-state index contributed by atoms with van der Waals surface area (Å²) in [5.74, 6) is 2.78. The minimum Gasteiger partial charge on any atom is -0.493 e. The molecule has 0 saturated carbocycles. The molecule has 180 valence electrons. The van der Waals surface area contributed by atoms with Crippen LogP contribution >= 0.6 is 11.8 Å². The Labute approximate surface area is 208 Å². The van der Waals surface area contributed by atoms with E-state index >= 15 is 0 Å². The van der Waals surface area contributed by atoms with Crippen LogP contribution in [0.5, 0.6) is 5.75 Å². The Kier molecular flexibility index (Phi) is 10.0. The third-order valence-corrected chi connectivity index (χ3v) is 6.73. The second-order valence-corrected chi connectivity index (χ2v) is 9.88. The molecule has 0 unspecified atom stereocenters. The lowest BCUT2D eigenvalue weighted by molar-refractivity contribution is -0.117. The Balaban J connectivity index is 1.63. The Morgan fingerprint density at radius 3 is 2.62 bits per heavy atom. The lowest BCUT2D eigenvalue weighted by atomic mass is 9.83. The van der Waals surface area contributed by atoms with Gasteiger partial charge in [-0.1, -0.05) is 62.0 Å². The second-order valence-electron chi connectivity index (χ2n) is 8.78. The van der Waals surface area contributed by atoms with E-state index in [1.54, 1.807) is 0 Å². The first-order valence-electron chi connectivity index (χ1n) is 11.8. The summed E-state index contributed by atoms with van der Waals surface area (Å²) in [6.45, 7) is 8.59. The first-order chi connectivity index (χ1) is 16.5. The molecule has 5 heteroatoms. The highest BCUT2D eigenvalue weighted by molar-refractivity contribution is 7.98. The number of ether oxygens (including phenoxy) is 1. The van der Waals surface area contributed by atoms with Crippen LogP contribution in [0, 0.1) is 5.92 Å². The number of carbonyl (C=O) groups is 1. The third kappa shape index (κ3) is 7.64. The molecule has 0 spiro atoms. The van der Waals surface area contributed by atoms with Gasteiger partial charge >= 0.3 is 0 Å². The molecular weight excluding hydrogens is 440 g/mol. The molecule has 0 fully saturated rings.